The van der Waals surface area contributed by atoms with E-state index in [0.717, 1.165) is 24.4 Å². The van der Waals surface area contributed by atoms with E-state index in [9.17, 15) is 0 Å². The number of nitrogens with zero attached hydrogens (tertiary/aromatic N) is 2. The van der Waals surface area contributed by atoms with Crippen molar-refractivity contribution >= 4 is 5.69 Å². The Balaban J connectivity index is 2.23. The first-order chi connectivity index (χ1) is 9.95. The molecule has 1 atom stereocenters. The highest BCUT2D eigenvalue weighted by Gasteiger charge is 2.10. The quantitative estimate of drug-likeness (QED) is 0.916. The average Bonchev–Trinajstić information content (AvgIpc) is 2.37. The Morgan fingerprint density at radius 1 is 1.19 bits per heavy atom. The van der Waals surface area contributed by atoms with Gasteiger partial charge in [-0.2, -0.15) is 0 Å². The first-order valence-electron chi connectivity index (χ1n) is 7.44. The van der Waals surface area contributed by atoms with Crippen molar-refractivity contribution in [3.63, 3.8) is 0 Å². The van der Waals surface area contributed by atoms with Gasteiger partial charge in [-0.15, -0.1) is 0 Å². The van der Waals surface area contributed by atoms with Crippen molar-refractivity contribution in [2.45, 2.75) is 39.8 Å². The number of nitrogens with two attached hydrogens (primary N) is 1. The maximum atomic E-state index is 5.99. The summed E-state index contributed by atoms with van der Waals surface area (Å²) >= 11 is 0. The molecule has 2 N–H and O–H groups in total. The number of hydrogen-bond acceptors (Lipinski definition) is 3. The van der Waals surface area contributed by atoms with Crippen LogP contribution in [0.15, 0.2) is 36.4 Å². The third kappa shape index (κ3) is 4.30. The molecule has 0 spiro atoms. The molecular formula is C18H25N3. The predicted molar refractivity (Wildman–Crippen MR) is 89.6 cm³/mol. The fourth-order valence-electron chi connectivity index (χ4n) is 2.61. The zero-order chi connectivity index (χ0) is 15.4. The Kier molecular flexibility index (Phi) is 4.97. The number of hydrogen-bond donors (Lipinski definition) is 1. The van der Waals surface area contributed by atoms with Gasteiger partial charge in [0, 0.05) is 24.5 Å². The zero-order valence-corrected chi connectivity index (χ0v) is 13.4. The van der Waals surface area contributed by atoms with Crippen LogP contribution < -0.4 is 10.6 Å². The monoisotopic (exact) mass is 283 g/mol. The highest BCUT2D eigenvalue weighted by Crippen LogP contribution is 2.23. The molecule has 0 amide bonds. The summed E-state index contributed by atoms with van der Waals surface area (Å²) in [5.41, 5.74) is 11.9. The minimum atomic E-state index is 0.163. The van der Waals surface area contributed by atoms with Gasteiger partial charge in [-0.1, -0.05) is 23.8 Å². The summed E-state index contributed by atoms with van der Waals surface area (Å²) in [6.45, 7) is 7.00. The molecule has 2 aromatic rings. The second-order valence-corrected chi connectivity index (χ2v) is 5.94. The SMILES string of the molecule is Cc1ccc(N(C)Cc2cccc(C)n2)c(CC(C)N)c1. The van der Waals surface area contributed by atoms with Crippen LogP contribution in [0.25, 0.3) is 0 Å². The topological polar surface area (TPSA) is 42.2 Å². The van der Waals surface area contributed by atoms with Crippen LogP contribution in [0.5, 0.6) is 0 Å². The molecular weight excluding hydrogens is 258 g/mol. The van der Waals surface area contributed by atoms with E-state index in [1.807, 2.05) is 19.9 Å². The normalized spacial score (nSPS) is 12.2. The fraction of sp³-hybridized carbons (Fsp3) is 0.389. The summed E-state index contributed by atoms with van der Waals surface area (Å²) in [6.07, 6.45) is 0.891. The summed E-state index contributed by atoms with van der Waals surface area (Å²) < 4.78 is 0. The Morgan fingerprint density at radius 3 is 2.62 bits per heavy atom. The van der Waals surface area contributed by atoms with E-state index in [0.29, 0.717) is 0 Å². The van der Waals surface area contributed by atoms with Gasteiger partial charge in [0.15, 0.2) is 0 Å². The summed E-state index contributed by atoms with van der Waals surface area (Å²) in [5.74, 6) is 0. The molecule has 0 fully saturated rings. The number of pyridine rings is 1. The van der Waals surface area contributed by atoms with E-state index in [2.05, 4.69) is 54.2 Å². The number of rotatable bonds is 5. The van der Waals surface area contributed by atoms with E-state index in [1.165, 1.54) is 16.8 Å². The van der Waals surface area contributed by atoms with Crippen molar-refractivity contribution in [3.05, 3.63) is 58.9 Å². The number of benzene rings is 1. The Labute approximate surface area is 127 Å². The summed E-state index contributed by atoms with van der Waals surface area (Å²) in [6, 6.07) is 12.9. The summed E-state index contributed by atoms with van der Waals surface area (Å²) in [7, 11) is 2.11. The Hall–Kier alpha value is -1.87. The van der Waals surface area contributed by atoms with Crippen LogP contribution in [-0.2, 0) is 13.0 Å². The molecule has 0 radical (unpaired) electrons. The van der Waals surface area contributed by atoms with E-state index in [-0.39, 0.29) is 6.04 Å². The van der Waals surface area contributed by atoms with Gasteiger partial charge in [0.25, 0.3) is 0 Å². The minimum Gasteiger partial charge on any atom is -0.368 e. The third-order valence-electron chi connectivity index (χ3n) is 3.53. The average molecular weight is 283 g/mol. The van der Waals surface area contributed by atoms with Crippen molar-refractivity contribution in [1.29, 1.82) is 0 Å². The summed E-state index contributed by atoms with van der Waals surface area (Å²) in [5, 5.41) is 0. The zero-order valence-electron chi connectivity index (χ0n) is 13.4. The van der Waals surface area contributed by atoms with E-state index < -0.39 is 0 Å². The van der Waals surface area contributed by atoms with E-state index >= 15 is 0 Å². The van der Waals surface area contributed by atoms with Gasteiger partial charge in [0.1, 0.15) is 0 Å². The van der Waals surface area contributed by atoms with E-state index in [4.69, 9.17) is 5.73 Å². The Bertz CT molecular complexity index is 605. The molecule has 1 heterocycles. The molecule has 1 unspecified atom stereocenters. The molecule has 1 aromatic carbocycles. The minimum absolute atomic E-state index is 0.163. The van der Waals surface area contributed by atoms with Crippen LogP contribution >= 0.6 is 0 Å². The van der Waals surface area contributed by atoms with Gasteiger partial charge in [-0.05, 0) is 51.0 Å². The largest absolute Gasteiger partial charge is 0.368 e. The van der Waals surface area contributed by atoms with Crippen LogP contribution in [0.4, 0.5) is 5.69 Å². The van der Waals surface area contributed by atoms with Crippen molar-refractivity contribution in [3.8, 4) is 0 Å². The second kappa shape index (κ2) is 6.72. The third-order valence-corrected chi connectivity index (χ3v) is 3.53. The lowest BCUT2D eigenvalue weighted by atomic mass is 10.0. The number of aryl methyl sites for hydroxylation is 2. The van der Waals surface area contributed by atoms with Gasteiger partial charge in [-0.3, -0.25) is 4.98 Å². The Morgan fingerprint density at radius 2 is 1.95 bits per heavy atom. The lowest BCUT2D eigenvalue weighted by molar-refractivity contribution is 0.733. The van der Waals surface area contributed by atoms with Crippen LogP contribution in [0.2, 0.25) is 0 Å². The van der Waals surface area contributed by atoms with Gasteiger partial charge < -0.3 is 10.6 Å². The fourth-order valence-corrected chi connectivity index (χ4v) is 2.61. The maximum Gasteiger partial charge on any atom is 0.0600 e. The second-order valence-electron chi connectivity index (χ2n) is 5.94. The molecule has 0 bridgehead atoms. The van der Waals surface area contributed by atoms with Crippen molar-refractivity contribution in [2.75, 3.05) is 11.9 Å². The maximum absolute atomic E-state index is 5.99. The van der Waals surface area contributed by atoms with Gasteiger partial charge >= 0.3 is 0 Å². The van der Waals surface area contributed by atoms with Crippen molar-refractivity contribution in [1.82, 2.24) is 4.98 Å². The summed E-state index contributed by atoms with van der Waals surface area (Å²) in [4.78, 5) is 6.83. The van der Waals surface area contributed by atoms with Crippen LogP contribution in [0, 0.1) is 13.8 Å². The van der Waals surface area contributed by atoms with E-state index in [1.54, 1.807) is 0 Å². The molecule has 21 heavy (non-hydrogen) atoms. The van der Waals surface area contributed by atoms with Gasteiger partial charge in [0.2, 0.25) is 0 Å². The predicted octanol–water partition coefficient (Wildman–Crippen LogP) is 3.22. The van der Waals surface area contributed by atoms with Crippen LogP contribution in [0.1, 0.15) is 29.4 Å². The highest BCUT2D eigenvalue weighted by molar-refractivity contribution is 5.55. The van der Waals surface area contributed by atoms with Crippen molar-refractivity contribution < 1.29 is 0 Å². The molecule has 1 aromatic heterocycles. The lowest BCUT2D eigenvalue weighted by Gasteiger charge is -2.23. The number of aromatic nitrogens is 1. The standard InChI is InChI=1S/C18H25N3/c1-13-8-9-18(16(10-13)11-14(2)19)21(4)12-17-7-5-6-15(3)20-17/h5-10,14H,11-12,19H2,1-4H3. The molecule has 0 saturated heterocycles. The molecule has 112 valence electrons. The molecule has 0 saturated carbocycles. The smallest absolute Gasteiger partial charge is 0.0600 e. The van der Waals surface area contributed by atoms with Gasteiger partial charge in [-0.25, -0.2) is 0 Å². The van der Waals surface area contributed by atoms with Gasteiger partial charge in [0.05, 0.1) is 12.2 Å². The highest BCUT2D eigenvalue weighted by atomic mass is 15.1. The van der Waals surface area contributed by atoms with Crippen LogP contribution in [-0.4, -0.2) is 18.1 Å². The number of anilines is 1. The lowest BCUT2D eigenvalue weighted by Crippen LogP contribution is -2.23. The first kappa shape index (κ1) is 15.5. The molecule has 0 aliphatic carbocycles. The first-order valence-corrected chi connectivity index (χ1v) is 7.44. The molecule has 0 aliphatic heterocycles. The molecule has 3 heteroatoms. The molecule has 2 rings (SSSR count). The van der Waals surface area contributed by atoms with Crippen LogP contribution in [0.3, 0.4) is 0 Å². The molecule has 3 nitrogen and oxygen atoms in total. The molecule has 0 aliphatic rings. The van der Waals surface area contributed by atoms with Crippen molar-refractivity contribution in [2.24, 2.45) is 5.73 Å².